The molecule has 0 unspecified atom stereocenters. The molecule has 0 bridgehead atoms. The summed E-state index contributed by atoms with van der Waals surface area (Å²) in [6.45, 7) is 0. The second kappa shape index (κ2) is 8.17. The number of imidazole rings is 1. The molecule has 0 radical (unpaired) electrons. The lowest BCUT2D eigenvalue weighted by atomic mass is 10.1. The second-order valence-electron chi connectivity index (χ2n) is 6.76. The highest BCUT2D eigenvalue weighted by molar-refractivity contribution is 7.15. The average molecular weight is 445 g/mol. The summed E-state index contributed by atoms with van der Waals surface area (Å²) in [5.41, 5.74) is 3.58. The second-order valence-corrected chi connectivity index (χ2v) is 8.58. The number of hydrogen-bond acceptors (Lipinski definition) is 5. The molecule has 0 saturated heterocycles. The van der Waals surface area contributed by atoms with Crippen LogP contribution in [0.3, 0.4) is 0 Å². The van der Waals surface area contributed by atoms with Crippen molar-refractivity contribution < 1.29 is 9.59 Å². The largest absolute Gasteiger partial charge is 0.322 e. The van der Waals surface area contributed by atoms with Crippen LogP contribution in [0, 0.1) is 0 Å². The summed E-state index contributed by atoms with van der Waals surface area (Å²) in [5, 5.41) is 9.55. The molecular weight excluding hydrogens is 428 g/mol. The van der Waals surface area contributed by atoms with Gasteiger partial charge in [0.2, 0.25) is 0 Å². The van der Waals surface area contributed by atoms with E-state index in [0.29, 0.717) is 21.8 Å². The van der Waals surface area contributed by atoms with E-state index in [-0.39, 0.29) is 11.8 Å². The van der Waals surface area contributed by atoms with Crippen molar-refractivity contribution in [1.82, 2.24) is 9.38 Å². The summed E-state index contributed by atoms with van der Waals surface area (Å²) in [4.78, 5) is 31.1. The molecule has 5 rings (SSSR count). The number of anilines is 2. The van der Waals surface area contributed by atoms with Crippen LogP contribution >= 0.6 is 22.7 Å². The number of nitrogens with one attached hydrogen (secondary N) is 2. The lowest BCUT2D eigenvalue weighted by Gasteiger charge is -2.08. The van der Waals surface area contributed by atoms with E-state index in [1.807, 2.05) is 57.9 Å². The van der Waals surface area contributed by atoms with Gasteiger partial charge >= 0.3 is 0 Å². The third kappa shape index (κ3) is 4.11. The molecule has 3 heterocycles. The fourth-order valence-corrected chi connectivity index (χ4v) is 4.45. The molecule has 0 fully saturated rings. The minimum atomic E-state index is -0.248. The summed E-state index contributed by atoms with van der Waals surface area (Å²) in [6, 6.07) is 18.0. The third-order valence-corrected chi connectivity index (χ3v) is 6.30. The molecule has 3 aromatic heterocycles. The van der Waals surface area contributed by atoms with Gasteiger partial charge in [-0.05, 0) is 41.8 Å². The highest BCUT2D eigenvalue weighted by Crippen LogP contribution is 2.23. The van der Waals surface area contributed by atoms with Crippen molar-refractivity contribution in [2.75, 3.05) is 10.6 Å². The molecule has 2 amide bonds. The van der Waals surface area contributed by atoms with Crippen LogP contribution in [-0.2, 0) is 0 Å². The van der Waals surface area contributed by atoms with Crippen molar-refractivity contribution in [1.29, 1.82) is 0 Å². The van der Waals surface area contributed by atoms with E-state index in [4.69, 9.17) is 0 Å². The predicted molar refractivity (Wildman–Crippen MR) is 125 cm³/mol. The van der Waals surface area contributed by atoms with E-state index in [0.717, 1.165) is 16.2 Å². The molecule has 0 aliphatic rings. The van der Waals surface area contributed by atoms with E-state index >= 15 is 0 Å². The van der Waals surface area contributed by atoms with E-state index < -0.39 is 0 Å². The van der Waals surface area contributed by atoms with Gasteiger partial charge in [0.25, 0.3) is 11.8 Å². The number of rotatable bonds is 5. The van der Waals surface area contributed by atoms with E-state index in [1.54, 1.807) is 41.7 Å². The summed E-state index contributed by atoms with van der Waals surface area (Å²) in [5.74, 6) is -0.440. The highest BCUT2D eigenvalue weighted by Gasteiger charge is 2.11. The normalized spacial score (nSPS) is 10.8. The Kier molecular flexibility index (Phi) is 5.07. The molecule has 8 heteroatoms. The molecule has 0 aliphatic heterocycles. The number of fused-ring (bicyclic) bond motifs is 1. The number of carbonyl (C=O) groups excluding carboxylic acids is 2. The van der Waals surface area contributed by atoms with Crippen molar-refractivity contribution in [3.8, 4) is 11.3 Å². The molecule has 0 aliphatic carbocycles. The first-order valence-electron chi connectivity index (χ1n) is 9.45. The maximum absolute atomic E-state index is 12.7. The number of benzene rings is 2. The SMILES string of the molecule is O=C(Nc1ccc(-c2cn3ccsc3n2)cc1)c1cccc(NC(=O)c2cccs2)c1. The number of thiazole rings is 1. The van der Waals surface area contributed by atoms with Crippen LogP contribution in [0.2, 0.25) is 0 Å². The molecule has 31 heavy (non-hydrogen) atoms. The fourth-order valence-electron chi connectivity index (χ4n) is 3.13. The molecule has 5 aromatic rings. The lowest BCUT2D eigenvalue weighted by molar-refractivity contribution is 0.101. The fraction of sp³-hybridized carbons (Fsp3) is 0. The smallest absolute Gasteiger partial charge is 0.265 e. The third-order valence-electron chi connectivity index (χ3n) is 4.66. The van der Waals surface area contributed by atoms with E-state index in [1.165, 1.54) is 11.3 Å². The molecule has 0 saturated carbocycles. The summed E-state index contributed by atoms with van der Waals surface area (Å²) in [6.07, 6.45) is 3.96. The number of hydrogen-bond donors (Lipinski definition) is 2. The molecule has 2 N–H and O–H groups in total. The Morgan fingerprint density at radius 2 is 1.68 bits per heavy atom. The van der Waals surface area contributed by atoms with Crippen LogP contribution < -0.4 is 10.6 Å². The number of amides is 2. The van der Waals surface area contributed by atoms with Gasteiger partial charge < -0.3 is 10.6 Å². The number of aromatic nitrogens is 2. The van der Waals surface area contributed by atoms with Crippen molar-refractivity contribution in [2.24, 2.45) is 0 Å². The zero-order valence-corrected chi connectivity index (χ0v) is 17.7. The molecular formula is C23H16N4O2S2. The van der Waals surface area contributed by atoms with Crippen LogP contribution in [0.4, 0.5) is 11.4 Å². The van der Waals surface area contributed by atoms with Crippen LogP contribution in [0.25, 0.3) is 16.2 Å². The van der Waals surface area contributed by atoms with E-state index in [9.17, 15) is 9.59 Å². The lowest BCUT2D eigenvalue weighted by Crippen LogP contribution is -2.14. The van der Waals surface area contributed by atoms with Crippen molar-refractivity contribution >= 4 is 50.8 Å². The topological polar surface area (TPSA) is 75.5 Å². The summed E-state index contributed by atoms with van der Waals surface area (Å²) >= 11 is 2.95. The molecule has 6 nitrogen and oxygen atoms in total. The predicted octanol–water partition coefficient (Wildman–Crippen LogP) is 5.63. The molecule has 0 spiro atoms. The van der Waals surface area contributed by atoms with Crippen LogP contribution in [0.5, 0.6) is 0 Å². The van der Waals surface area contributed by atoms with Crippen molar-refractivity contribution in [3.63, 3.8) is 0 Å². The maximum atomic E-state index is 12.7. The zero-order valence-electron chi connectivity index (χ0n) is 16.1. The van der Waals surface area contributed by atoms with Gasteiger partial charge in [-0.1, -0.05) is 24.3 Å². The van der Waals surface area contributed by atoms with E-state index in [2.05, 4.69) is 15.6 Å². The Morgan fingerprint density at radius 1 is 0.839 bits per heavy atom. The van der Waals surface area contributed by atoms with Crippen LogP contribution in [0.15, 0.2) is 83.8 Å². The number of carbonyl (C=O) groups is 2. The molecule has 152 valence electrons. The van der Waals surface area contributed by atoms with Crippen molar-refractivity contribution in [2.45, 2.75) is 0 Å². The first-order valence-corrected chi connectivity index (χ1v) is 11.2. The Morgan fingerprint density at radius 3 is 2.45 bits per heavy atom. The monoisotopic (exact) mass is 444 g/mol. The number of nitrogens with zero attached hydrogens (tertiary/aromatic N) is 2. The molecule has 0 atom stereocenters. The van der Waals surface area contributed by atoms with Gasteiger partial charge in [-0.3, -0.25) is 14.0 Å². The zero-order chi connectivity index (χ0) is 21.2. The van der Waals surface area contributed by atoms with Gasteiger partial charge in [0, 0.05) is 40.3 Å². The highest BCUT2D eigenvalue weighted by atomic mass is 32.1. The molecule has 2 aromatic carbocycles. The van der Waals surface area contributed by atoms with Gasteiger partial charge in [-0.25, -0.2) is 4.98 Å². The van der Waals surface area contributed by atoms with Crippen LogP contribution in [0.1, 0.15) is 20.0 Å². The van der Waals surface area contributed by atoms with Gasteiger partial charge in [-0.2, -0.15) is 0 Å². The summed E-state index contributed by atoms with van der Waals surface area (Å²) in [7, 11) is 0. The average Bonchev–Trinajstić information content (AvgIpc) is 3.52. The minimum absolute atomic E-state index is 0.192. The van der Waals surface area contributed by atoms with Crippen molar-refractivity contribution in [3.05, 3.63) is 94.3 Å². The Bertz CT molecular complexity index is 1340. The Balaban J connectivity index is 1.27. The number of thiophene rings is 1. The van der Waals surface area contributed by atoms with Crippen LogP contribution in [-0.4, -0.2) is 21.2 Å². The van der Waals surface area contributed by atoms with Gasteiger partial charge in [0.1, 0.15) is 0 Å². The summed E-state index contributed by atoms with van der Waals surface area (Å²) < 4.78 is 1.99. The Labute approximate surface area is 185 Å². The quantitative estimate of drug-likeness (QED) is 0.369. The van der Waals surface area contributed by atoms with Gasteiger partial charge in [-0.15, -0.1) is 22.7 Å². The Hall–Kier alpha value is -3.75. The van der Waals surface area contributed by atoms with Gasteiger partial charge in [0.15, 0.2) is 4.96 Å². The van der Waals surface area contributed by atoms with Gasteiger partial charge in [0.05, 0.1) is 10.6 Å². The maximum Gasteiger partial charge on any atom is 0.265 e. The standard InChI is InChI=1S/C23H16N4O2S2/c28-21(16-3-1-4-18(13-16)25-22(29)20-5-2-11-30-20)24-17-8-6-15(7-9-17)19-14-27-10-12-31-23(27)26-19/h1-14H,(H,24,28)(H,25,29). The minimum Gasteiger partial charge on any atom is -0.322 e. The first-order chi connectivity index (χ1) is 15.2. The first kappa shape index (κ1) is 19.2.